The van der Waals surface area contributed by atoms with Crippen LogP contribution in [0.3, 0.4) is 0 Å². The minimum absolute atomic E-state index is 0.104. The smallest absolute Gasteiger partial charge is 0.340 e. The van der Waals surface area contributed by atoms with Crippen LogP contribution < -0.4 is 0 Å². The fraction of sp³-hybridized carbons (Fsp3) is 0.235. The van der Waals surface area contributed by atoms with Crippen molar-refractivity contribution in [2.24, 2.45) is 0 Å². The number of carboxylic acids is 1. The lowest BCUT2D eigenvalue weighted by molar-refractivity contribution is -0.160. The molecule has 2 N–H and O–H groups in total. The number of halogens is 2. The summed E-state index contributed by atoms with van der Waals surface area (Å²) in [5, 5.41) is 20.0. The van der Waals surface area contributed by atoms with Gasteiger partial charge in [0.05, 0.1) is 0 Å². The van der Waals surface area contributed by atoms with Gasteiger partial charge in [-0.05, 0) is 35.7 Å². The Balaban J connectivity index is 2.42. The summed E-state index contributed by atoms with van der Waals surface area (Å²) in [4.78, 5) is 11.3. The van der Waals surface area contributed by atoms with Gasteiger partial charge in [-0.1, -0.05) is 49.2 Å². The molecule has 2 rings (SSSR count). The Labute approximate surface area is 133 Å². The van der Waals surface area contributed by atoms with E-state index in [1.54, 1.807) is 19.1 Å². The van der Waals surface area contributed by atoms with Crippen LogP contribution in [-0.4, -0.2) is 16.2 Å². The van der Waals surface area contributed by atoms with Gasteiger partial charge in [0, 0.05) is 10.6 Å². The van der Waals surface area contributed by atoms with Crippen molar-refractivity contribution < 1.29 is 19.4 Å². The van der Waals surface area contributed by atoms with Gasteiger partial charge in [-0.2, -0.15) is 0 Å². The zero-order valence-electron chi connectivity index (χ0n) is 12.0. The van der Waals surface area contributed by atoms with E-state index in [1.807, 2.05) is 0 Å². The second kappa shape index (κ2) is 6.46. The SMILES string of the molecule is CCCC(O)(C(=O)O)c1ccc(-c2cc(Cl)ccc2F)cc1. The van der Waals surface area contributed by atoms with Crippen LogP contribution in [0.2, 0.25) is 5.02 Å². The van der Waals surface area contributed by atoms with E-state index < -0.39 is 17.4 Å². The van der Waals surface area contributed by atoms with E-state index >= 15 is 0 Å². The van der Waals surface area contributed by atoms with E-state index in [1.165, 1.54) is 30.3 Å². The highest BCUT2D eigenvalue weighted by Crippen LogP contribution is 2.31. The quantitative estimate of drug-likeness (QED) is 0.866. The van der Waals surface area contributed by atoms with Crippen molar-refractivity contribution in [1.29, 1.82) is 0 Å². The molecular formula is C17H16ClFO3. The summed E-state index contributed by atoms with van der Waals surface area (Å²) in [5.74, 6) is -1.71. The van der Waals surface area contributed by atoms with Crippen LogP contribution >= 0.6 is 11.6 Å². The van der Waals surface area contributed by atoms with Crippen molar-refractivity contribution in [3.63, 3.8) is 0 Å². The predicted octanol–water partition coefficient (Wildman–Crippen LogP) is 4.22. The van der Waals surface area contributed by atoms with Crippen LogP contribution in [0.1, 0.15) is 25.3 Å². The van der Waals surface area contributed by atoms with Crippen LogP contribution in [0.4, 0.5) is 4.39 Å². The van der Waals surface area contributed by atoms with Gasteiger partial charge in [0.2, 0.25) is 0 Å². The van der Waals surface area contributed by atoms with Gasteiger partial charge in [-0.25, -0.2) is 9.18 Å². The lowest BCUT2D eigenvalue weighted by Gasteiger charge is -2.23. The first-order valence-corrected chi connectivity index (χ1v) is 7.28. The molecule has 0 aromatic heterocycles. The molecule has 5 heteroatoms. The van der Waals surface area contributed by atoms with E-state index in [2.05, 4.69) is 0 Å². The van der Waals surface area contributed by atoms with Crippen LogP contribution in [-0.2, 0) is 10.4 Å². The average Bonchev–Trinajstić information content (AvgIpc) is 2.50. The Hall–Kier alpha value is -1.91. The molecule has 0 spiro atoms. The molecule has 0 heterocycles. The maximum Gasteiger partial charge on any atom is 0.340 e. The highest BCUT2D eigenvalue weighted by atomic mass is 35.5. The summed E-state index contributed by atoms with van der Waals surface area (Å²) >= 11 is 5.87. The van der Waals surface area contributed by atoms with Crippen molar-refractivity contribution in [2.75, 3.05) is 0 Å². The van der Waals surface area contributed by atoms with Crippen LogP contribution in [0.25, 0.3) is 11.1 Å². The Morgan fingerprint density at radius 3 is 2.41 bits per heavy atom. The van der Waals surface area contributed by atoms with E-state index in [4.69, 9.17) is 11.6 Å². The molecule has 0 aliphatic rings. The number of benzene rings is 2. The third-order valence-electron chi connectivity index (χ3n) is 3.57. The lowest BCUT2D eigenvalue weighted by Crippen LogP contribution is -2.35. The number of hydrogen-bond donors (Lipinski definition) is 2. The molecule has 0 saturated heterocycles. The predicted molar refractivity (Wildman–Crippen MR) is 83.3 cm³/mol. The number of carboxylic acid groups (broad SMARTS) is 1. The number of rotatable bonds is 5. The zero-order valence-corrected chi connectivity index (χ0v) is 12.8. The first-order chi connectivity index (χ1) is 10.4. The van der Waals surface area contributed by atoms with E-state index in [9.17, 15) is 19.4 Å². The fourth-order valence-corrected chi connectivity index (χ4v) is 2.55. The van der Waals surface area contributed by atoms with E-state index in [0.29, 0.717) is 22.6 Å². The summed E-state index contributed by atoms with van der Waals surface area (Å²) in [5.41, 5.74) is -0.769. The molecule has 0 radical (unpaired) electrons. The fourth-order valence-electron chi connectivity index (χ4n) is 2.38. The summed E-state index contributed by atoms with van der Waals surface area (Å²) < 4.78 is 13.8. The monoisotopic (exact) mass is 322 g/mol. The van der Waals surface area contributed by atoms with Gasteiger partial charge >= 0.3 is 5.97 Å². The molecule has 0 fully saturated rings. The summed E-state index contributed by atoms with van der Waals surface area (Å²) in [7, 11) is 0. The molecule has 1 unspecified atom stereocenters. The Morgan fingerprint density at radius 1 is 1.23 bits per heavy atom. The molecule has 0 amide bonds. The van der Waals surface area contributed by atoms with Crippen molar-refractivity contribution >= 4 is 17.6 Å². The third-order valence-corrected chi connectivity index (χ3v) is 3.80. The van der Waals surface area contributed by atoms with Gasteiger partial charge in [0.25, 0.3) is 0 Å². The van der Waals surface area contributed by atoms with Gasteiger partial charge in [0.15, 0.2) is 5.60 Å². The summed E-state index contributed by atoms with van der Waals surface area (Å²) in [6, 6.07) is 10.4. The first-order valence-electron chi connectivity index (χ1n) is 6.90. The number of hydrogen-bond acceptors (Lipinski definition) is 2. The molecule has 0 saturated carbocycles. The maximum absolute atomic E-state index is 13.8. The first kappa shape index (κ1) is 16.5. The van der Waals surface area contributed by atoms with E-state index in [-0.39, 0.29) is 12.0 Å². The Bertz CT molecular complexity index is 685. The van der Waals surface area contributed by atoms with Crippen LogP contribution in [0.15, 0.2) is 42.5 Å². The average molecular weight is 323 g/mol. The number of aliphatic carboxylic acids is 1. The van der Waals surface area contributed by atoms with Crippen molar-refractivity contribution in [3.8, 4) is 11.1 Å². The molecule has 3 nitrogen and oxygen atoms in total. The molecule has 1 atom stereocenters. The highest BCUT2D eigenvalue weighted by molar-refractivity contribution is 6.30. The van der Waals surface area contributed by atoms with Crippen LogP contribution in [0, 0.1) is 5.82 Å². The van der Waals surface area contributed by atoms with Gasteiger partial charge in [0.1, 0.15) is 5.82 Å². The molecule has 2 aromatic rings. The minimum atomic E-state index is -1.93. The Kier molecular flexibility index (Phi) is 4.84. The standard InChI is InChI=1S/C17H16ClFO3/c1-2-9-17(22,16(20)21)12-5-3-11(4-6-12)14-10-13(18)7-8-15(14)19/h3-8,10,22H,2,9H2,1H3,(H,20,21). The largest absolute Gasteiger partial charge is 0.479 e. The molecule has 22 heavy (non-hydrogen) atoms. The van der Waals surface area contributed by atoms with Gasteiger partial charge in [-0.3, -0.25) is 0 Å². The van der Waals surface area contributed by atoms with Gasteiger partial charge < -0.3 is 10.2 Å². The van der Waals surface area contributed by atoms with E-state index in [0.717, 1.165) is 0 Å². The zero-order chi connectivity index (χ0) is 16.3. The van der Waals surface area contributed by atoms with Crippen molar-refractivity contribution in [2.45, 2.75) is 25.4 Å². The second-order valence-electron chi connectivity index (χ2n) is 5.12. The molecule has 0 aliphatic heterocycles. The second-order valence-corrected chi connectivity index (χ2v) is 5.55. The summed E-state index contributed by atoms with van der Waals surface area (Å²) in [6.45, 7) is 1.80. The molecule has 116 valence electrons. The molecule has 0 aliphatic carbocycles. The van der Waals surface area contributed by atoms with Gasteiger partial charge in [-0.15, -0.1) is 0 Å². The normalized spacial score (nSPS) is 13.6. The minimum Gasteiger partial charge on any atom is -0.479 e. The summed E-state index contributed by atoms with van der Waals surface area (Å²) in [6.07, 6.45) is 0.626. The highest BCUT2D eigenvalue weighted by Gasteiger charge is 2.36. The van der Waals surface area contributed by atoms with Crippen molar-refractivity contribution in [1.82, 2.24) is 0 Å². The Morgan fingerprint density at radius 2 is 1.86 bits per heavy atom. The third kappa shape index (κ3) is 3.13. The molecule has 2 aromatic carbocycles. The van der Waals surface area contributed by atoms with Crippen LogP contribution in [0.5, 0.6) is 0 Å². The number of aliphatic hydroxyl groups is 1. The topological polar surface area (TPSA) is 57.5 Å². The molecular weight excluding hydrogens is 307 g/mol. The van der Waals surface area contributed by atoms with Crippen molar-refractivity contribution in [3.05, 3.63) is 58.9 Å². The maximum atomic E-state index is 13.8. The molecule has 0 bridgehead atoms. The number of carbonyl (C=O) groups is 1. The lowest BCUT2D eigenvalue weighted by atomic mass is 9.88.